The molecule has 3 unspecified atom stereocenters. The van der Waals surface area contributed by atoms with Gasteiger partial charge in [0.25, 0.3) is 0 Å². The largest absolute Gasteiger partial charge is 0.472 e. The zero-order valence-electron chi connectivity index (χ0n) is 59.9. The fraction of sp³-hybridized carbons (Fsp3) is 0.945. The lowest BCUT2D eigenvalue weighted by Crippen LogP contribution is -2.30. The normalized spacial score (nSPS) is 14.4. The summed E-state index contributed by atoms with van der Waals surface area (Å²) < 4.78 is 68.4. The Bertz CT molecular complexity index is 1790. The molecule has 6 atom stereocenters. The van der Waals surface area contributed by atoms with Gasteiger partial charge in [0.1, 0.15) is 19.3 Å². The topological polar surface area (TPSA) is 237 Å². The third-order valence-electron chi connectivity index (χ3n) is 17.3. The summed E-state index contributed by atoms with van der Waals surface area (Å²) in [5.41, 5.74) is 0. The highest BCUT2D eigenvalue weighted by Gasteiger charge is 2.30. The minimum atomic E-state index is -4.95. The van der Waals surface area contributed by atoms with Gasteiger partial charge in [-0.25, -0.2) is 9.13 Å². The molecule has 19 heteroatoms. The van der Waals surface area contributed by atoms with Gasteiger partial charge in [0.05, 0.1) is 26.4 Å². The van der Waals surface area contributed by atoms with Crippen molar-refractivity contribution in [2.75, 3.05) is 39.6 Å². The molecule has 0 aliphatic heterocycles. The summed E-state index contributed by atoms with van der Waals surface area (Å²) in [5.74, 6) is -0.557. The first-order valence-electron chi connectivity index (χ1n) is 38.0. The number of ether oxygens (including phenoxy) is 4. The Labute approximate surface area is 562 Å². The molecule has 546 valence electrons. The van der Waals surface area contributed by atoms with E-state index in [4.69, 9.17) is 37.0 Å². The number of phosphoric acid groups is 2. The molecule has 17 nitrogen and oxygen atoms in total. The number of hydrogen-bond donors (Lipinski definition) is 3. The van der Waals surface area contributed by atoms with Crippen molar-refractivity contribution in [2.24, 2.45) is 11.8 Å². The van der Waals surface area contributed by atoms with Crippen molar-refractivity contribution in [1.29, 1.82) is 0 Å². The van der Waals surface area contributed by atoms with Gasteiger partial charge in [-0.1, -0.05) is 324 Å². The van der Waals surface area contributed by atoms with Crippen molar-refractivity contribution >= 4 is 39.5 Å². The number of carbonyl (C=O) groups excluding carboxylic acids is 4. The zero-order valence-corrected chi connectivity index (χ0v) is 61.6. The minimum Gasteiger partial charge on any atom is -0.462 e. The lowest BCUT2D eigenvalue weighted by atomic mass is 9.99. The van der Waals surface area contributed by atoms with Crippen LogP contribution in [0.25, 0.3) is 0 Å². The molecule has 0 saturated heterocycles. The second kappa shape index (κ2) is 65.0. The Balaban J connectivity index is 5.23. The molecular formula is C73H142O17P2. The first-order valence-corrected chi connectivity index (χ1v) is 41.0. The standard InChI is InChI=1S/C73H142O17P2/c1-7-10-12-14-16-18-19-20-24-27-31-38-44-50-56-71(76)84-62-68(89-72(77)57-51-45-39-32-28-25-22-21-23-26-30-36-42-48-54-66(6)9-3)63-87-91(79,80)85-59-67(74)60-86-92(81,82)88-64-69(61-83-70(75)55-49-43-37-29-17-15-13-11-8-2)90-73(78)58-52-46-40-34-33-35-41-47-53-65(4)5/h65-69,74H,7-64H2,1-6H3,(H,79,80)(H,81,82)/t66?,67-,68-,69-/m1/s1. The van der Waals surface area contributed by atoms with Crippen LogP contribution in [0.1, 0.15) is 375 Å². The van der Waals surface area contributed by atoms with Gasteiger partial charge in [0.2, 0.25) is 0 Å². The van der Waals surface area contributed by atoms with Crippen LogP contribution in [0, 0.1) is 11.8 Å². The molecule has 0 aromatic heterocycles. The van der Waals surface area contributed by atoms with E-state index in [-0.39, 0.29) is 25.7 Å². The number of aliphatic hydroxyl groups is 1. The van der Waals surface area contributed by atoms with Crippen LogP contribution in [0.2, 0.25) is 0 Å². The molecule has 3 N–H and O–H groups in total. The highest BCUT2D eigenvalue weighted by Crippen LogP contribution is 2.45. The second-order valence-corrected chi connectivity index (χ2v) is 30.0. The van der Waals surface area contributed by atoms with Gasteiger partial charge in [-0.3, -0.25) is 37.3 Å². The number of carbonyl (C=O) groups is 4. The lowest BCUT2D eigenvalue weighted by molar-refractivity contribution is -0.161. The maximum absolute atomic E-state index is 13.1. The third-order valence-corrected chi connectivity index (χ3v) is 19.2. The molecule has 0 spiro atoms. The first kappa shape index (κ1) is 90.1. The van der Waals surface area contributed by atoms with Gasteiger partial charge in [0.15, 0.2) is 12.2 Å². The van der Waals surface area contributed by atoms with E-state index in [1.54, 1.807) is 0 Å². The molecule has 92 heavy (non-hydrogen) atoms. The summed E-state index contributed by atoms with van der Waals surface area (Å²) in [6.45, 7) is 9.57. The van der Waals surface area contributed by atoms with Gasteiger partial charge < -0.3 is 33.8 Å². The summed E-state index contributed by atoms with van der Waals surface area (Å²) in [4.78, 5) is 72.6. The van der Waals surface area contributed by atoms with E-state index in [1.165, 1.54) is 193 Å². The Hall–Kier alpha value is -1.94. The van der Waals surface area contributed by atoms with Crippen LogP contribution in [0.5, 0.6) is 0 Å². The molecule has 0 bridgehead atoms. The Morgan fingerprint density at radius 2 is 0.554 bits per heavy atom. The number of esters is 4. The highest BCUT2D eigenvalue weighted by atomic mass is 31.2. The molecule has 0 aliphatic carbocycles. The zero-order chi connectivity index (χ0) is 67.9. The first-order chi connectivity index (χ1) is 44.4. The number of aliphatic hydroxyl groups excluding tert-OH is 1. The predicted molar refractivity (Wildman–Crippen MR) is 372 cm³/mol. The number of unbranched alkanes of at least 4 members (excludes halogenated alkanes) is 41. The van der Waals surface area contributed by atoms with Crippen LogP contribution in [0.4, 0.5) is 0 Å². The fourth-order valence-corrected chi connectivity index (χ4v) is 12.7. The molecule has 0 amide bonds. The van der Waals surface area contributed by atoms with Crippen LogP contribution in [0.15, 0.2) is 0 Å². The van der Waals surface area contributed by atoms with E-state index in [1.807, 2.05) is 0 Å². The summed E-state index contributed by atoms with van der Waals surface area (Å²) in [6, 6.07) is 0. The van der Waals surface area contributed by atoms with Crippen molar-refractivity contribution in [3.8, 4) is 0 Å². The fourth-order valence-electron chi connectivity index (χ4n) is 11.1. The molecule has 0 saturated carbocycles. The van der Waals surface area contributed by atoms with E-state index in [2.05, 4.69) is 41.5 Å². The number of phosphoric ester groups is 2. The SMILES string of the molecule is CCCCCCCCCCCCCCCCC(=O)OC[C@H](COP(=O)(O)OC[C@@H](O)COP(=O)(O)OC[C@@H](COC(=O)CCCCCCCCCCC)OC(=O)CCCCCCCCCCC(C)C)OC(=O)CCCCCCCCCCCCCCCCC(C)CC. The number of hydrogen-bond acceptors (Lipinski definition) is 15. The smallest absolute Gasteiger partial charge is 0.462 e. The van der Waals surface area contributed by atoms with E-state index >= 15 is 0 Å². The molecule has 0 aromatic rings. The number of rotatable bonds is 72. The quantitative estimate of drug-likeness (QED) is 0.0222. The van der Waals surface area contributed by atoms with E-state index in [0.29, 0.717) is 25.7 Å². The van der Waals surface area contributed by atoms with Crippen molar-refractivity contribution in [3.05, 3.63) is 0 Å². The van der Waals surface area contributed by atoms with Crippen LogP contribution < -0.4 is 0 Å². The van der Waals surface area contributed by atoms with Gasteiger partial charge >= 0.3 is 39.5 Å². The molecule has 0 heterocycles. The van der Waals surface area contributed by atoms with Crippen molar-refractivity contribution < 1.29 is 80.2 Å². The molecular weight excluding hydrogens is 1210 g/mol. The maximum Gasteiger partial charge on any atom is 0.472 e. The molecule has 0 aliphatic rings. The van der Waals surface area contributed by atoms with E-state index < -0.39 is 97.5 Å². The Morgan fingerprint density at radius 3 is 0.826 bits per heavy atom. The summed E-state index contributed by atoms with van der Waals surface area (Å²) in [6.07, 6.45) is 51.3. The average molecular weight is 1350 g/mol. The summed E-state index contributed by atoms with van der Waals surface area (Å²) in [5, 5.41) is 10.6. The average Bonchev–Trinajstić information content (AvgIpc) is 1.57. The van der Waals surface area contributed by atoms with Crippen molar-refractivity contribution in [3.63, 3.8) is 0 Å². The Morgan fingerprint density at radius 1 is 0.315 bits per heavy atom. The minimum absolute atomic E-state index is 0.105. The predicted octanol–water partition coefficient (Wildman–Crippen LogP) is 21.2. The van der Waals surface area contributed by atoms with Crippen LogP contribution in [0.3, 0.4) is 0 Å². The lowest BCUT2D eigenvalue weighted by Gasteiger charge is -2.21. The molecule has 0 fully saturated rings. The monoisotopic (exact) mass is 1350 g/mol. The summed E-state index contributed by atoms with van der Waals surface area (Å²) >= 11 is 0. The third kappa shape index (κ3) is 65.4. The van der Waals surface area contributed by atoms with Crippen LogP contribution in [-0.4, -0.2) is 96.7 Å². The second-order valence-electron chi connectivity index (χ2n) is 27.1. The molecule has 0 rings (SSSR count). The van der Waals surface area contributed by atoms with Gasteiger partial charge in [-0.05, 0) is 37.5 Å². The van der Waals surface area contributed by atoms with Crippen molar-refractivity contribution in [1.82, 2.24) is 0 Å². The van der Waals surface area contributed by atoms with Crippen molar-refractivity contribution in [2.45, 2.75) is 394 Å². The molecule has 0 radical (unpaired) electrons. The highest BCUT2D eigenvalue weighted by molar-refractivity contribution is 7.47. The Kier molecular flexibility index (Phi) is 63.7. The van der Waals surface area contributed by atoms with Gasteiger partial charge in [-0.15, -0.1) is 0 Å². The molecule has 0 aromatic carbocycles. The van der Waals surface area contributed by atoms with Crippen LogP contribution >= 0.6 is 15.6 Å². The maximum atomic E-state index is 13.1. The van der Waals surface area contributed by atoms with E-state index in [9.17, 15) is 43.2 Å². The van der Waals surface area contributed by atoms with Gasteiger partial charge in [-0.2, -0.15) is 0 Å². The summed E-state index contributed by atoms with van der Waals surface area (Å²) in [7, 11) is -9.90. The van der Waals surface area contributed by atoms with Gasteiger partial charge in [0, 0.05) is 25.7 Å². The van der Waals surface area contributed by atoms with E-state index in [0.717, 1.165) is 102 Å². The van der Waals surface area contributed by atoms with Crippen LogP contribution in [-0.2, 0) is 65.4 Å².